The van der Waals surface area contributed by atoms with Crippen LogP contribution in [0.1, 0.15) is 35.3 Å². The molecule has 0 amide bonds. The Morgan fingerprint density at radius 3 is 3.17 bits per heavy atom. The third-order valence-corrected chi connectivity index (χ3v) is 3.93. The summed E-state index contributed by atoms with van der Waals surface area (Å²) in [5.74, 6) is -0.660. The molecular weight excluding hydrogens is 335 g/mol. The summed E-state index contributed by atoms with van der Waals surface area (Å²) in [4.78, 5) is 16.0. The van der Waals surface area contributed by atoms with Crippen LogP contribution >= 0.6 is 11.6 Å². The summed E-state index contributed by atoms with van der Waals surface area (Å²) in [6.45, 7) is 2.36. The van der Waals surface area contributed by atoms with Gasteiger partial charge in [-0.2, -0.15) is 0 Å². The van der Waals surface area contributed by atoms with Gasteiger partial charge in [-0.15, -0.1) is 0 Å². The number of carbonyl (C=O) groups is 1. The van der Waals surface area contributed by atoms with Gasteiger partial charge in [-0.25, -0.2) is 14.2 Å². The van der Waals surface area contributed by atoms with Crippen molar-refractivity contribution in [3.8, 4) is 5.75 Å². The van der Waals surface area contributed by atoms with E-state index in [0.717, 1.165) is 0 Å². The fraction of sp³-hybridized carbons (Fsp3) is 0.294. The number of fused-ring (bicyclic) bond motifs is 1. The van der Waals surface area contributed by atoms with Crippen LogP contribution in [0.4, 0.5) is 10.1 Å². The minimum atomic E-state index is -0.490. The maximum atomic E-state index is 13.9. The summed E-state index contributed by atoms with van der Waals surface area (Å²) in [6, 6.07) is 6.12. The molecule has 3 rings (SSSR count). The molecule has 2 aromatic rings. The molecule has 0 radical (unpaired) electrons. The number of para-hydroxylation sites is 1. The Balaban J connectivity index is 1.94. The number of halogens is 2. The Kier molecular flexibility index (Phi) is 4.85. The Hall–Kier alpha value is -2.34. The zero-order valence-corrected chi connectivity index (χ0v) is 13.8. The SMILES string of the molecule is CCOC(=O)c1cnc(Cl)cc1NC1CCOc2c(F)cccc21. The van der Waals surface area contributed by atoms with Gasteiger partial charge in [0.2, 0.25) is 0 Å². The van der Waals surface area contributed by atoms with Crippen molar-refractivity contribution >= 4 is 23.3 Å². The molecule has 126 valence electrons. The van der Waals surface area contributed by atoms with E-state index in [9.17, 15) is 9.18 Å². The van der Waals surface area contributed by atoms with E-state index in [1.807, 2.05) is 0 Å². The van der Waals surface area contributed by atoms with Crippen LogP contribution in [-0.2, 0) is 4.74 Å². The third kappa shape index (κ3) is 3.28. The average molecular weight is 351 g/mol. The van der Waals surface area contributed by atoms with Crippen LogP contribution in [0.5, 0.6) is 5.75 Å². The topological polar surface area (TPSA) is 60.5 Å². The number of hydrogen-bond acceptors (Lipinski definition) is 5. The second-order valence-corrected chi connectivity index (χ2v) is 5.65. The summed E-state index contributed by atoms with van der Waals surface area (Å²) < 4.78 is 24.4. The van der Waals surface area contributed by atoms with Gasteiger partial charge in [0.25, 0.3) is 0 Å². The Bertz CT molecular complexity index is 769. The van der Waals surface area contributed by atoms with Crippen LogP contribution in [0.15, 0.2) is 30.5 Å². The second kappa shape index (κ2) is 7.05. The van der Waals surface area contributed by atoms with Gasteiger partial charge in [0.1, 0.15) is 10.7 Å². The number of nitrogens with one attached hydrogen (secondary N) is 1. The fourth-order valence-corrected chi connectivity index (χ4v) is 2.80. The predicted molar refractivity (Wildman–Crippen MR) is 88.1 cm³/mol. The highest BCUT2D eigenvalue weighted by atomic mass is 35.5. The molecule has 1 aliphatic rings. The van der Waals surface area contributed by atoms with Gasteiger partial charge in [-0.3, -0.25) is 0 Å². The highest BCUT2D eigenvalue weighted by Gasteiger charge is 2.25. The third-order valence-electron chi connectivity index (χ3n) is 3.72. The lowest BCUT2D eigenvalue weighted by Crippen LogP contribution is -2.22. The molecule has 1 atom stereocenters. The van der Waals surface area contributed by atoms with Crippen LogP contribution in [0.3, 0.4) is 0 Å². The number of aromatic nitrogens is 1. The maximum Gasteiger partial charge on any atom is 0.341 e. The minimum absolute atomic E-state index is 0.212. The first-order valence-electron chi connectivity index (χ1n) is 7.60. The summed E-state index contributed by atoms with van der Waals surface area (Å²) in [7, 11) is 0. The predicted octanol–water partition coefficient (Wildman–Crippen LogP) is 3.99. The molecular formula is C17H16ClFN2O3. The Morgan fingerprint density at radius 2 is 2.38 bits per heavy atom. The second-order valence-electron chi connectivity index (χ2n) is 5.27. The Labute approximate surface area is 143 Å². The number of benzene rings is 1. The van der Waals surface area contributed by atoms with E-state index in [-0.39, 0.29) is 29.1 Å². The average Bonchev–Trinajstić information content (AvgIpc) is 2.56. The summed E-state index contributed by atoms with van der Waals surface area (Å²) in [5.41, 5.74) is 1.48. The van der Waals surface area contributed by atoms with E-state index >= 15 is 0 Å². The van der Waals surface area contributed by atoms with E-state index in [1.165, 1.54) is 12.3 Å². The van der Waals surface area contributed by atoms with Gasteiger partial charge < -0.3 is 14.8 Å². The molecule has 7 heteroatoms. The number of rotatable bonds is 4. The van der Waals surface area contributed by atoms with Gasteiger partial charge in [0.05, 0.1) is 24.9 Å². The highest BCUT2D eigenvalue weighted by molar-refractivity contribution is 6.29. The zero-order chi connectivity index (χ0) is 17.1. The first kappa shape index (κ1) is 16.5. The zero-order valence-electron chi connectivity index (χ0n) is 13.0. The molecule has 1 unspecified atom stereocenters. The number of nitrogens with zero attached hydrogens (tertiary/aromatic N) is 1. The van der Waals surface area contributed by atoms with Crippen molar-refractivity contribution in [2.75, 3.05) is 18.5 Å². The monoisotopic (exact) mass is 350 g/mol. The molecule has 5 nitrogen and oxygen atoms in total. The van der Waals surface area contributed by atoms with E-state index in [1.54, 1.807) is 25.1 Å². The van der Waals surface area contributed by atoms with Crippen molar-refractivity contribution < 1.29 is 18.7 Å². The van der Waals surface area contributed by atoms with Crippen LogP contribution in [-0.4, -0.2) is 24.2 Å². The molecule has 24 heavy (non-hydrogen) atoms. The first-order chi connectivity index (χ1) is 11.6. The molecule has 0 saturated heterocycles. The lowest BCUT2D eigenvalue weighted by molar-refractivity contribution is 0.0527. The maximum absolute atomic E-state index is 13.9. The molecule has 0 saturated carbocycles. The molecule has 0 bridgehead atoms. The molecule has 1 aliphatic heterocycles. The van der Waals surface area contributed by atoms with Gasteiger partial charge in [-0.1, -0.05) is 23.7 Å². The first-order valence-corrected chi connectivity index (χ1v) is 7.98. The fourth-order valence-electron chi connectivity index (χ4n) is 2.64. The Morgan fingerprint density at radius 1 is 1.54 bits per heavy atom. The van der Waals surface area contributed by atoms with Crippen LogP contribution in [0.2, 0.25) is 5.15 Å². The minimum Gasteiger partial charge on any atom is -0.490 e. The van der Waals surface area contributed by atoms with Crippen LogP contribution < -0.4 is 10.1 Å². The van der Waals surface area contributed by atoms with E-state index < -0.39 is 11.8 Å². The van der Waals surface area contributed by atoms with Crippen molar-refractivity contribution in [3.63, 3.8) is 0 Å². The van der Waals surface area contributed by atoms with Crippen molar-refractivity contribution in [1.29, 1.82) is 0 Å². The molecule has 0 fully saturated rings. The van der Waals surface area contributed by atoms with Gasteiger partial charge >= 0.3 is 5.97 Å². The van der Waals surface area contributed by atoms with Crippen molar-refractivity contribution in [2.24, 2.45) is 0 Å². The normalized spacial score (nSPS) is 16.0. The smallest absolute Gasteiger partial charge is 0.341 e. The van der Waals surface area contributed by atoms with E-state index in [0.29, 0.717) is 24.3 Å². The summed E-state index contributed by atoms with van der Waals surface area (Å²) in [6.07, 6.45) is 1.99. The molecule has 0 spiro atoms. The van der Waals surface area contributed by atoms with Crippen LogP contribution in [0, 0.1) is 5.82 Å². The van der Waals surface area contributed by atoms with Crippen LogP contribution in [0.25, 0.3) is 0 Å². The molecule has 1 aromatic carbocycles. The highest BCUT2D eigenvalue weighted by Crippen LogP contribution is 2.37. The van der Waals surface area contributed by atoms with Crippen molar-refractivity contribution in [2.45, 2.75) is 19.4 Å². The van der Waals surface area contributed by atoms with Gasteiger partial charge in [-0.05, 0) is 19.1 Å². The van der Waals surface area contributed by atoms with Crippen molar-refractivity contribution in [1.82, 2.24) is 4.98 Å². The van der Waals surface area contributed by atoms with E-state index in [4.69, 9.17) is 21.1 Å². The van der Waals surface area contributed by atoms with E-state index in [2.05, 4.69) is 10.3 Å². The lowest BCUT2D eigenvalue weighted by Gasteiger charge is -2.28. The molecule has 1 aromatic heterocycles. The number of pyridine rings is 1. The summed E-state index contributed by atoms with van der Waals surface area (Å²) >= 11 is 5.95. The number of anilines is 1. The quantitative estimate of drug-likeness (QED) is 0.667. The largest absolute Gasteiger partial charge is 0.490 e. The number of esters is 1. The van der Waals surface area contributed by atoms with Gasteiger partial charge in [0, 0.05) is 18.2 Å². The summed E-state index contributed by atoms with van der Waals surface area (Å²) in [5, 5.41) is 3.49. The van der Waals surface area contributed by atoms with Crippen molar-refractivity contribution in [3.05, 3.63) is 52.6 Å². The lowest BCUT2D eigenvalue weighted by atomic mass is 9.99. The number of ether oxygens (including phenoxy) is 2. The number of hydrogen-bond donors (Lipinski definition) is 1. The van der Waals surface area contributed by atoms with Gasteiger partial charge in [0.15, 0.2) is 11.6 Å². The molecule has 2 heterocycles. The standard InChI is InChI=1S/C17H16ClFN2O3/c1-2-23-17(22)11-9-20-15(18)8-14(11)21-13-6-7-24-16-10(13)4-3-5-12(16)19/h3-5,8-9,13H,2,6-7H2,1H3,(H,20,21). The number of carbonyl (C=O) groups excluding carboxylic acids is 1. The molecule has 0 aliphatic carbocycles. The molecule has 1 N–H and O–H groups in total.